The highest BCUT2D eigenvalue weighted by Crippen LogP contribution is 2.38. The van der Waals surface area contributed by atoms with Gasteiger partial charge in [0.2, 0.25) is 15.9 Å². The summed E-state index contributed by atoms with van der Waals surface area (Å²) in [5, 5.41) is 10.0. The smallest absolute Gasteiger partial charge is 0.243 e. The normalized spacial score (nSPS) is 23.7. The second-order valence-corrected chi connectivity index (χ2v) is 11.2. The molecule has 8 nitrogen and oxygen atoms in total. The number of sulfonamides is 1. The second-order valence-electron chi connectivity index (χ2n) is 8.80. The Labute approximate surface area is 192 Å². The summed E-state index contributed by atoms with van der Waals surface area (Å²) < 4.78 is 34.3. The quantitative estimate of drug-likeness (QED) is 0.531. The van der Waals surface area contributed by atoms with Gasteiger partial charge in [-0.05, 0) is 54.8 Å². The lowest BCUT2D eigenvalue weighted by Gasteiger charge is -2.38. The van der Waals surface area contributed by atoms with Crippen LogP contribution in [0.15, 0.2) is 41.3 Å². The molecule has 5 rings (SSSR count). The van der Waals surface area contributed by atoms with Crippen molar-refractivity contribution in [2.75, 3.05) is 32.7 Å². The summed E-state index contributed by atoms with van der Waals surface area (Å²) in [4.78, 5) is 16.7. The number of carbonyl (C=O) groups excluding carboxylic acids is 1. The number of amidine groups is 1. The van der Waals surface area contributed by atoms with Crippen molar-refractivity contribution in [3.05, 3.63) is 41.4 Å². The average Bonchev–Trinajstić information content (AvgIpc) is 3.12. The standard InChI is InChI=1S/C22H25ClN4O4S/c1-15(24)25-8-6-22(7-9-25)14-27-20(28)12-26(13-21(27)31-22)32(29,30)19-5-3-16-10-18(23)4-2-17(16)11-19/h2-5,10-11,21,24H,6-9,12-14H2,1H3. The van der Waals surface area contributed by atoms with E-state index >= 15 is 0 Å². The Kier molecular flexibility index (Phi) is 5.20. The molecule has 170 valence electrons. The maximum atomic E-state index is 13.4. The van der Waals surface area contributed by atoms with E-state index in [9.17, 15) is 13.2 Å². The lowest BCUT2D eigenvalue weighted by Crippen LogP contribution is -2.55. The van der Waals surface area contributed by atoms with Crippen molar-refractivity contribution in [3.63, 3.8) is 0 Å². The molecule has 1 N–H and O–H groups in total. The van der Waals surface area contributed by atoms with E-state index in [0.717, 1.165) is 10.8 Å². The zero-order chi connectivity index (χ0) is 22.7. The summed E-state index contributed by atoms with van der Waals surface area (Å²) >= 11 is 6.03. The van der Waals surface area contributed by atoms with Gasteiger partial charge in [0.1, 0.15) is 6.23 Å². The minimum Gasteiger partial charge on any atom is -0.361 e. The fraction of sp³-hybridized carbons (Fsp3) is 0.455. The van der Waals surface area contributed by atoms with Crippen molar-refractivity contribution >= 4 is 44.1 Å². The highest BCUT2D eigenvalue weighted by molar-refractivity contribution is 7.89. The van der Waals surface area contributed by atoms with Gasteiger partial charge >= 0.3 is 0 Å². The summed E-state index contributed by atoms with van der Waals surface area (Å²) in [7, 11) is -3.86. The number of amides is 1. The number of hydrogen-bond donors (Lipinski definition) is 1. The first-order valence-electron chi connectivity index (χ1n) is 10.6. The summed E-state index contributed by atoms with van der Waals surface area (Å²) in [5.74, 6) is 0.293. The Hall–Kier alpha value is -2.20. The molecule has 2 aromatic rings. The zero-order valence-corrected chi connectivity index (χ0v) is 19.3. The Morgan fingerprint density at radius 2 is 1.84 bits per heavy atom. The molecule has 0 aliphatic carbocycles. The molecule has 0 bridgehead atoms. The lowest BCUT2D eigenvalue weighted by atomic mass is 9.91. The first-order valence-corrected chi connectivity index (χ1v) is 12.5. The highest BCUT2D eigenvalue weighted by Gasteiger charge is 2.52. The van der Waals surface area contributed by atoms with Gasteiger partial charge in [0.25, 0.3) is 0 Å². The van der Waals surface area contributed by atoms with E-state index < -0.39 is 21.9 Å². The van der Waals surface area contributed by atoms with Crippen molar-refractivity contribution < 1.29 is 17.9 Å². The van der Waals surface area contributed by atoms with E-state index in [4.69, 9.17) is 21.7 Å². The van der Waals surface area contributed by atoms with Gasteiger partial charge in [-0.15, -0.1) is 0 Å². The number of nitrogens with zero attached hydrogens (tertiary/aromatic N) is 3. The summed E-state index contributed by atoms with van der Waals surface area (Å²) in [6.07, 6.45) is 0.838. The zero-order valence-electron chi connectivity index (χ0n) is 17.8. The van der Waals surface area contributed by atoms with Crippen LogP contribution in [0.25, 0.3) is 10.8 Å². The van der Waals surface area contributed by atoms with Crippen LogP contribution in [0, 0.1) is 5.41 Å². The summed E-state index contributed by atoms with van der Waals surface area (Å²) in [5.41, 5.74) is -0.464. The Morgan fingerprint density at radius 1 is 1.16 bits per heavy atom. The maximum absolute atomic E-state index is 13.4. The van der Waals surface area contributed by atoms with Crippen molar-refractivity contribution in [3.8, 4) is 0 Å². The van der Waals surface area contributed by atoms with E-state index in [1.807, 2.05) is 4.90 Å². The first kappa shape index (κ1) is 21.6. The second kappa shape index (κ2) is 7.69. The van der Waals surface area contributed by atoms with E-state index in [1.54, 1.807) is 48.2 Å². The van der Waals surface area contributed by atoms with Gasteiger partial charge in [0.15, 0.2) is 0 Å². The van der Waals surface area contributed by atoms with Crippen LogP contribution < -0.4 is 0 Å². The van der Waals surface area contributed by atoms with Gasteiger partial charge in [-0.1, -0.05) is 23.7 Å². The van der Waals surface area contributed by atoms with E-state index in [0.29, 0.717) is 43.3 Å². The first-order chi connectivity index (χ1) is 15.2. The molecule has 3 aliphatic rings. The SMILES string of the molecule is CC(=N)N1CCC2(CC1)CN1C(=O)CN(S(=O)(=O)c3ccc4cc(Cl)ccc4c3)CC1O2. The topological polar surface area (TPSA) is 94.0 Å². The number of piperidine rings is 1. The number of piperazine rings is 1. The van der Waals surface area contributed by atoms with Crippen LogP contribution in [-0.4, -0.2) is 78.8 Å². The van der Waals surface area contributed by atoms with Crippen LogP contribution in [-0.2, 0) is 19.6 Å². The van der Waals surface area contributed by atoms with Gasteiger partial charge < -0.3 is 14.5 Å². The minimum absolute atomic E-state index is 0.113. The van der Waals surface area contributed by atoms with Crippen molar-refractivity contribution in [1.29, 1.82) is 5.41 Å². The number of hydrogen-bond acceptors (Lipinski definition) is 5. The fourth-order valence-corrected chi connectivity index (χ4v) is 6.48. The third-order valence-electron chi connectivity index (χ3n) is 6.74. The molecule has 32 heavy (non-hydrogen) atoms. The van der Waals surface area contributed by atoms with E-state index in [1.165, 1.54) is 4.31 Å². The molecule has 1 unspecified atom stereocenters. The molecular formula is C22H25ClN4O4S. The van der Waals surface area contributed by atoms with Gasteiger partial charge in [-0.3, -0.25) is 10.2 Å². The summed E-state index contributed by atoms with van der Waals surface area (Å²) in [6, 6.07) is 10.2. The Bertz CT molecular complexity index is 1210. The van der Waals surface area contributed by atoms with Crippen LogP contribution in [0.1, 0.15) is 19.8 Å². The Morgan fingerprint density at radius 3 is 2.56 bits per heavy atom. The predicted octanol–water partition coefficient (Wildman–Crippen LogP) is 2.51. The number of likely N-dealkylation sites (tertiary alicyclic amines) is 1. The van der Waals surface area contributed by atoms with Gasteiger partial charge in [0.05, 0.1) is 36.0 Å². The number of halogens is 1. The number of ether oxygens (including phenoxy) is 1. The molecule has 3 heterocycles. The summed E-state index contributed by atoms with van der Waals surface area (Å²) in [6.45, 7) is 3.57. The van der Waals surface area contributed by atoms with Crippen LogP contribution >= 0.6 is 11.6 Å². The number of nitrogens with one attached hydrogen (secondary N) is 1. The van der Waals surface area contributed by atoms with Crippen molar-refractivity contribution in [2.24, 2.45) is 0 Å². The van der Waals surface area contributed by atoms with E-state index in [2.05, 4.69) is 0 Å². The van der Waals surface area contributed by atoms with Crippen LogP contribution in [0.5, 0.6) is 0 Å². The molecule has 3 aliphatic heterocycles. The molecule has 0 radical (unpaired) electrons. The van der Waals surface area contributed by atoms with Crippen LogP contribution in [0.2, 0.25) is 5.02 Å². The van der Waals surface area contributed by atoms with Gasteiger partial charge in [-0.2, -0.15) is 4.31 Å². The molecule has 1 amide bonds. The van der Waals surface area contributed by atoms with Crippen molar-refractivity contribution in [2.45, 2.75) is 36.5 Å². The fourth-order valence-electron chi connectivity index (χ4n) is 4.88. The van der Waals surface area contributed by atoms with E-state index in [-0.39, 0.29) is 23.9 Å². The molecule has 3 saturated heterocycles. The minimum atomic E-state index is -3.86. The lowest BCUT2D eigenvalue weighted by molar-refractivity contribution is -0.145. The number of benzene rings is 2. The predicted molar refractivity (Wildman–Crippen MR) is 121 cm³/mol. The highest BCUT2D eigenvalue weighted by atomic mass is 35.5. The molecule has 2 aromatic carbocycles. The number of carbonyl (C=O) groups is 1. The molecule has 10 heteroatoms. The molecule has 0 saturated carbocycles. The van der Waals surface area contributed by atoms with Gasteiger partial charge in [0, 0.05) is 18.1 Å². The molecular weight excluding hydrogens is 452 g/mol. The molecule has 1 spiro atoms. The largest absolute Gasteiger partial charge is 0.361 e. The average molecular weight is 477 g/mol. The molecule has 3 fully saturated rings. The molecule has 0 aromatic heterocycles. The van der Waals surface area contributed by atoms with Gasteiger partial charge in [-0.25, -0.2) is 8.42 Å². The molecule has 1 atom stereocenters. The third kappa shape index (κ3) is 3.67. The van der Waals surface area contributed by atoms with Crippen LogP contribution in [0.3, 0.4) is 0 Å². The monoisotopic (exact) mass is 476 g/mol. The maximum Gasteiger partial charge on any atom is 0.243 e. The number of fused-ring (bicyclic) bond motifs is 2. The van der Waals surface area contributed by atoms with Crippen LogP contribution in [0.4, 0.5) is 0 Å². The Balaban J connectivity index is 1.36. The third-order valence-corrected chi connectivity index (χ3v) is 8.79. The number of rotatable bonds is 2. The van der Waals surface area contributed by atoms with Crippen molar-refractivity contribution in [1.82, 2.24) is 14.1 Å².